The van der Waals surface area contributed by atoms with Gasteiger partial charge in [0.1, 0.15) is 11.5 Å². The van der Waals surface area contributed by atoms with E-state index in [1.54, 1.807) is 11.3 Å². The Hall–Kier alpha value is -3.87. The number of amides is 1. The molecular weight excluding hydrogens is 690 g/mol. The summed E-state index contributed by atoms with van der Waals surface area (Å²) in [5.41, 5.74) is 0.681. The third-order valence-electron chi connectivity index (χ3n) is 9.09. The molecule has 13 heteroatoms. The third kappa shape index (κ3) is 10.6. The number of methoxy groups -OCH3 is 2. The average Bonchev–Trinajstić information content (AvgIpc) is 3.83. The Kier molecular flexibility index (Phi) is 14.7. The van der Waals surface area contributed by atoms with Gasteiger partial charge in [0.25, 0.3) is 0 Å². The molecule has 4 rings (SSSR count). The maximum Gasteiger partial charge on any atom is 0.471 e. The SMILES string of the molecule is CCCCCCCCN(CCCCCCCC)c1ccc(/C=c2/c(C(C)(C)C)nn3c(-c4cc(OC)cc(OC)c4NC(=O)C(F)(F)F)nnc23)s1. The van der Waals surface area contributed by atoms with Crippen LogP contribution < -0.4 is 24.9 Å². The first kappa shape index (κ1) is 40.9. The summed E-state index contributed by atoms with van der Waals surface area (Å²) in [6, 6.07) is 7.19. The Bertz CT molecular complexity index is 1780. The van der Waals surface area contributed by atoms with Gasteiger partial charge in [-0.15, -0.1) is 21.5 Å². The minimum absolute atomic E-state index is 0.0318. The molecule has 0 unspecified atom stereocenters. The van der Waals surface area contributed by atoms with Gasteiger partial charge in [0.05, 0.1) is 36.2 Å². The molecule has 0 radical (unpaired) electrons. The van der Waals surface area contributed by atoms with Crippen molar-refractivity contribution >= 4 is 39.7 Å². The highest BCUT2D eigenvalue weighted by Crippen LogP contribution is 2.40. The number of unbranched alkanes of at least 4 members (excludes halogenated alkanes) is 10. The first-order valence-corrected chi connectivity index (χ1v) is 19.4. The molecule has 1 N–H and O–H groups in total. The largest absolute Gasteiger partial charge is 0.497 e. The van der Waals surface area contributed by atoms with Gasteiger partial charge in [-0.2, -0.15) is 22.8 Å². The van der Waals surface area contributed by atoms with Crippen LogP contribution in [0.15, 0.2) is 24.3 Å². The van der Waals surface area contributed by atoms with Crippen LogP contribution in [-0.2, 0) is 10.2 Å². The van der Waals surface area contributed by atoms with Gasteiger partial charge in [-0.05, 0) is 37.1 Å². The standard InChI is InChI=1S/C39H55F3N6O3S/c1-8-10-12-14-16-18-22-47(23-19-17-15-13-11-9-2)32-21-20-28(52-32)26-30-34(38(3,4)5)46-48-35(44-45-36(30)48)29-24-27(50-6)25-31(51-7)33(29)43-37(49)39(40,41)42/h20-21,24-26H,8-19,22-23H2,1-7H3,(H,43,49)/b30-26-. The van der Waals surface area contributed by atoms with Crippen LogP contribution in [0.25, 0.3) is 23.1 Å². The molecule has 0 aliphatic rings. The number of hydrogen-bond acceptors (Lipinski definition) is 8. The van der Waals surface area contributed by atoms with Gasteiger partial charge in [0.15, 0.2) is 11.5 Å². The number of nitrogens with zero attached hydrogens (tertiary/aromatic N) is 5. The van der Waals surface area contributed by atoms with Crippen LogP contribution in [0.5, 0.6) is 11.5 Å². The highest BCUT2D eigenvalue weighted by Gasteiger charge is 2.40. The van der Waals surface area contributed by atoms with Gasteiger partial charge in [0.2, 0.25) is 0 Å². The lowest BCUT2D eigenvalue weighted by atomic mass is 9.91. The Morgan fingerprint density at radius 1 is 0.885 bits per heavy atom. The molecule has 0 aliphatic heterocycles. The monoisotopic (exact) mass is 744 g/mol. The zero-order valence-corrected chi connectivity index (χ0v) is 32.6. The lowest BCUT2D eigenvalue weighted by Gasteiger charge is -2.23. The van der Waals surface area contributed by atoms with Gasteiger partial charge in [-0.1, -0.05) is 98.8 Å². The molecule has 0 saturated carbocycles. The molecule has 1 amide bonds. The van der Waals surface area contributed by atoms with E-state index in [-0.39, 0.29) is 22.8 Å². The molecule has 286 valence electrons. The minimum Gasteiger partial charge on any atom is -0.497 e. The Labute approximate surface area is 310 Å². The number of rotatable bonds is 20. The second-order valence-electron chi connectivity index (χ2n) is 14.3. The quantitative estimate of drug-likeness (QED) is 0.0901. The van der Waals surface area contributed by atoms with Gasteiger partial charge in [-0.25, -0.2) is 0 Å². The van der Waals surface area contributed by atoms with Crippen molar-refractivity contribution in [1.82, 2.24) is 19.8 Å². The zero-order valence-electron chi connectivity index (χ0n) is 31.8. The topological polar surface area (TPSA) is 93.9 Å². The molecule has 0 spiro atoms. The summed E-state index contributed by atoms with van der Waals surface area (Å²) in [6.07, 6.45) is 12.0. The number of anilines is 2. The van der Waals surface area contributed by atoms with Gasteiger partial charge >= 0.3 is 12.1 Å². The van der Waals surface area contributed by atoms with Crippen LogP contribution in [0.3, 0.4) is 0 Å². The van der Waals surface area contributed by atoms with Crippen LogP contribution >= 0.6 is 11.3 Å². The van der Waals surface area contributed by atoms with E-state index in [1.165, 1.54) is 113 Å². The molecule has 0 bridgehead atoms. The summed E-state index contributed by atoms with van der Waals surface area (Å²) in [5, 5.41) is 17.7. The van der Waals surface area contributed by atoms with Crippen molar-refractivity contribution in [2.24, 2.45) is 0 Å². The summed E-state index contributed by atoms with van der Waals surface area (Å²) >= 11 is 1.73. The molecule has 1 aromatic carbocycles. The molecule has 0 saturated heterocycles. The predicted molar refractivity (Wildman–Crippen MR) is 205 cm³/mol. The fraction of sp³-hybridized carbons (Fsp3) is 0.590. The number of alkyl halides is 3. The van der Waals surface area contributed by atoms with E-state index in [0.29, 0.717) is 11.4 Å². The molecule has 3 aromatic heterocycles. The zero-order chi connectivity index (χ0) is 37.9. The Balaban J connectivity index is 1.73. The lowest BCUT2D eigenvalue weighted by Crippen LogP contribution is -2.30. The summed E-state index contributed by atoms with van der Waals surface area (Å²) in [4.78, 5) is 15.7. The van der Waals surface area contributed by atoms with Crippen molar-refractivity contribution in [2.75, 3.05) is 37.5 Å². The fourth-order valence-corrected chi connectivity index (χ4v) is 7.25. The maximum atomic E-state index is 13.4. The van der Waals surface area contributed by atoms with E-state index in [1.807, 2.05) is 26.1 Å². The van der Waals surface area contributed by atoms with Crippen molar-refractivity contribution in [3.63, 3.8) is 0 Å². The first-order valence-electron chi connectivity index (χ1n) is 18.6. The van der Waals surface area contributed by atoms with E-state index in [9.17, 15) is 18.0 Å². The Morgan fingerprint density at radius 2 is 1.50 bits per heavy atom. The maximum absolute atomic E-state index is 13.4. The third-order valence-corrected chi connectivity index (χ3v) is 10.2. The number of benzene rings is 1. The molecule has 3 heterocycles. The summed E-state index contributed by atoms with van der Waals surface area (Å²) in [5.74, 6) is -1.75. The number of hydrogen-bond donors (Lipinski definition) is 1. The molecule has 9 nitrogen and oxygen atoms in total. The summed E-state index contributed by atoms with van der Waals surface area (Å²) < 4.78 is 52.5. The number of ether oxygens (including phenoxy) is 2. The predicted octanol–water partition coefficient (Wildman–Crippen LogP) is 9.74. The molecule has 52 heavy (non-hydrogen) atoms. The average molecular weight is 745 g/mol. The number of halogens is 3. The second kappa shape index (κ2) is 18.8. The highest BCUT2D eigenvalue weighted by molar-refractivity contribution is 7.16. The van der Waals surface area contributed by atoms with Crippen LogP contribution in [0, 0.1) is 0 Å². The van der Waals surface area contributed by atoms with E-state index >= 15 is 0 Å². The van der Waals surface area contributed by atoms with Crippen molar-refractivity contribution in [3.8, 4) is 22.9 Å². The molecule has 4 aromatic rings. The van der Waals surface area contributed by atoms with E-state index in [0.717, 1.165) is 28.9 Å². The van der Waals surface area contributed by atoms with E-state index in [4.69, 9.17) is 14.6 Å². The van der Waals surface area contributed by atoms with Crippen molar-refractivity contribution in [3.05, 3.63) is 40.1 Å². The molecular formula is C39H55F3N6O3S. The molecule has 0 atom stereocenters. The van der Waals surface area contributed by atoms with Crippen molar-refractivity contribution in [2.45, 2.75) is 123 Å². The second-order valence-corrected chi connectivity index (χ2v) is 15.4. The van der Waals surface area contributed by atoms with Gasteiger partial charge in [0, 0.05) is 34.7 Å². The number of nitrogens with one attached hydrogen (secondary N) is 1. The summed E-state index contributed by atoms with van der Waals surface area (Å²) in [6.45, 7) is 12.7. The summed E-state index contributed by atoms with van der Waals surface area (Å²) in [7, 11) is 2.72. The van der Waals surface area contributed by atoms with Crippen molar-refractivity contribution < 1.29 is 27.4 Å². The van der Waals surface area contributed by atoms with Crippen LogP contribution in [0.2, 0.25) is 0 Å². The van der Waals surface area contributed by atoms with Gasteiger partial charge in [-0.3, -0.25) is 4.79 Å². The van der Waals surface area contributed by atoms with Gasteiger partial charge < -0.3 is 19.7 Å². The highest BCUT2D eigenvalue weighted by atomic mass is 32.1. The van der Waals surface area contributed by atoms with Crippen LogP contribution in [0.1, 0.15) is 122 Å². The normalized spacial score (nSPS) is 12.5. The first-order chi connectivity index (χ1) is 24.8. The van der Waals surface area contributed by atoms with Crippen molar-refractivity contribution in [1.29, 1.82) is 0 Å². The number of carbonyl (C=O) groups is 1. The Morgan fingerprint density at radius 3 is 2.06 bits per heavy atom. The van der Waals surface area contributed by atoms with Crippen LogP contribution in [-0.4, -0.2) is 59.2 Å². The van der Waals surface area contributed by atoms with E-state index in [2.05, 4.69) is 47.2 Å². The number of fused-ring (bicyclic) bond motifs is 1. The molecule has 0 aliphatic carbocycles. The number of carbonyl (C=O) groups excluding carboxylic acids is 1. The number of aromatic nitrogens is 4. The lowest BCUT2D eigenvalue weighted by molar-refractivity contribution is -0.167. The number of thiophene rings is 1. The van der Waals surface area contributed by atoms with E-state index < -0.39 is 17.5 Å². The molecule has 0 fully saturated rings. The minimum atomic E-state index is -5.12. The smallest absolute Gasteiger partial charge is 0.471 e. The fourth-order valence-electron chi connectivity index (χ4n) is 6.25. The van der Waals surface area contributed by atoms with Crippen LogP contribution in [0.4, 0.5) is 23.9 Å².